The Bertz CT molecular complexity index is 1380. The van der Waals surface area contributed by atoms with Crippen LogP contribution in [0.5, 0.6) is 0 Å². The molecule has 5 rings (SSSR count). The first-order valence-corrected chi connectivity index (χ1v) is 10.3. The summed E-state index contributed by atoms with van der Waals surface area (Å²) in [6.07, 6.45) is 1.60. The smallest absolute Gasteiger partial charge is 0.346 e. The number of nitrogen functional groups attached to an aromatic ring is 1. The van der Waals surface area contributed by atoms with Crippen LogP contribution in [-0.4, -0.2) is 21.8 Å². The number of ketones is 1. The average molecular weight is 430 g/mol. The molecule has 2 heterocycles. The van der Waals surface area contributed by atoms with E-state index in [0.717, 1.165) is 22.5 Å². The number of rotatable bonds is 3. The van der Waals surface area contributed by atoms with Crippen molar-refractivity contribution in [2.75, 3.05) is 5.73 Å². The van der Waals surface area contributed by atoms with Gasteiger partial charge in [0.2, 0.25) is 0 Å². The van der Waals surface area contributed by atoms with Crippen molar-refractivity contribution in [3.63, 3.8) is 0 Å². The van der Waals surface area contributed by atoms with E-state index in [4.69, 9.17) is 17.2 Å². The van der Waals surface area contributed by atoms with Gasteiger partial charge in [-0.2, -0.15) is 0 Å². The summed E-state index contributed by atoms with van der Waals surface area (Å²) in [6, 6.07) is 15.4. The average Bonchev–Trinajstić information content (AvgIpc) is 3.20. The number of benzene rings is 2. The topological polar surface area (TPSA) is 145 Å². The molecule has 0 radical (unpaired) electrons. The fourth-order valence-corrected chi connectivity index (χ4v) is 5.40. The van der Waals surface area contributed by atoms with Crippen LogP contribution in [0.15, 0.2) is 60.8 Å². The van der Waals surface area contributed by atoms with E-state index in [1.54, 1.807) is 24.4 Å². The van der Waals surface area contributed by atoms with Crippen LogP contribution in [-0.2, 0) is 10.3 Å². The number of thiophene rings is 1. The monoisotopic (exact) mass is 430 g/mol. The standard InChI is InChI=1S/C23H18N4O3S/c24-14-7-6-13-16-17(20(22(29)30)31-19(14)16)18(25)21(28)23(13,26)15-10-12(8-9-27-15)11-4-2-1-3-5-11/h1-10,18H,24-26H2,(H,29,30). The highest BCUT2D eigenvalue weighted by atomic mass is 32.1. The number of nitrogens with zero attached hydrogens (tertiary/aromatic N) is 1. The number of carboxylic acids is 1. The fourth-order valence-electron chi connectivity index (χ4n) is 4.26. The predicted octanol–water partition coefficient (Wildman–Crippen LogP) is 3.03. The number of pyridine rings is 1. The van der Waals surface area contributed by atoms with E-state index in [2.05, 4.69) is 4.98 Å². The van der Waals surface area contributed by atoms with Crippen molar-refractivity contribution in [2.45, 2.75) is 11.6 Å². The molecule has 2 unspecified atom stereocenters. The van der Waals surface area contributed by atoms with Crippen LogP contribution in [0.3, 0.4) is 0 Å². The second-order valence-electron chi connectivity index (χ2n) is 7.50. The third-order valence-corrected chi connectivity index (χ3v) is 7.02. The van der Waals surface area contributed by atoms with Crippen LogP contribution in [0, 0.1) is 0 Å². The minimum Gasteiger partial charge on any atom is -0.477 e. The zero-order valence-corrected chi connectivity index (χ0v) is 17.0. The highest BCUT2D eigenvalue weighted by Gasteiger charge is 2.49. The van der Waals surface area contributed by atoms with Gasteiger partial charge in [-0.25, -0.2) is 4.79 Å². The molecule has 0 saturated heterocycles. The van der Waals surface area contributed by atoms with E-state index in [-0.39, 0.29) is 10.4 Å². The number of carboxylic acid groups (broad SMARTS) is 1. The lowest BCUT2D eigenvalue weighted by Crippen LogP contribution is -2.53. The van der Waals surface area contributed by atoms with E-state index in [0.29, 0.717) is 27.0 Å². The SMILES string of the molecule is Nc1ccc2c3c(c(C(=O)O)sc13)C(N)C(=O)C2(N)c1cc(-c2ccccc2)ccn1. The van der Waals surface area contributed by atoms with Crippen LogP contribution in [0.4, 0.5) is 5.69 Å². The highest BCUT2D eigenvalue weighted by Crippen LogP contribution is 2.49. The molecule has 4 aromatic rings. The number of aromatic carboxylic acids is 1. The molecule has 0 amide bonds. The molecule has 31 heavy (non-hydrogen) atoms. The van der Waals surface area contributed by atoms with E-state index in [1.165, 1.54) is 0 Å². The van der Waals surface area contributed by atoms with Crippen molar-refractivity contribution in [3.8, 4) is 11.1 Å². The van der Waals surface area contributed by atoms with Gasteiger partial charge < -0.3 is 22.3 Å². The Morgan fingerprint density at radius 1 is 1.10 bits per heavy atom. The third-order valence-electron chi connectivity index (χ3n) is 5.78. The van der Waals surface area contributed by atoms with Gasteiger partial charge in [-0.05, 0) is 34.9 Å². The summed E-state index contributed by atoms with van der Waals surface area (Å²) in [7, 11) is 0. The van der Waals surface area contributed by atoms with Crippen molar-refractivity contribution in [1.29, 1.82) is 0 Å². The van der Waals surface area contributed by atoms with E-state index in [9.17, 15) is 14.7 Å². The minimum absolute atomic E-state index is 0.00282. The van der Waals surface area contributed by atoms with Gasteiger partial charge in [-0.15, -0.1) is 11.3 Å². The zero-order chi connectivity index (χ0) is 21.9. The van der Waals surface area contributed by atoms with Crippen molar-refractivity contribution < 1.29 is 14.7 Å². The van der Waals surface area contributed by atoms with Gasteiger partial charge in [0.1, 0.15) is 10.4 Å². The first-order chi connectivity index (χ1) is 14.8. The van der Waals surface area contributed by atoms with Crippen molar-refractivity contribution >= 4 is 38.9 Å². The Morgan fingerprint density at radius 2 is 1.84 bits per heavy atom. The second-order valence-corrected chi connectivity index (χ2v) is 8.52. The molecular weight excluding hydrogens is 412 g/mol. The predicted molar refractivity (Wildman–Crippen MR) is 120 cm³/mol. The number of hydrogen-bond acceptors (Lipinski definition) is 7. The molecule has 0 spiro atoms. The maximum atomic E-state index is 13.5. The number of Topliss-reactive ketones (excluding diaryl/α,β-unsaturated/α-hetero) is 1. The summed E-state index contributed by atoms with van der Waals surface area (Å²) in [5.41, 5.74) is 20.8. The lowest BCUT2D eigenvalue weighted by Gasteiger charge is -2.35. The fraction of sp³-hybridized carbons (Fsp3) is 0.0870. The zero-order valence-electron chi connectivity index (χ0n) is 16.2. The van der Waals surface area contributed by atoms with Crippen LogP contribution in [0.1, 0.15) is 32.5 Å². The molecule has 0 fully saturated rings. The molecule has 8 heteroatoms. The van der Waals surface area contributed by atoms with E-state index in [1.807, 2.05) is 36.4 Å². The molecule has 7 nitrogen and oxygen atoms in total. The number of hydrogen-bond donors (Lipinski definition) is 4. The summed E-state index contributed by atoms with van der Waals surface area (Å²) >= 11 is 1.01. The lowest BCUT2D eigenvalue weighted by molar-refractivity contribution is -0.124. The minimum atomic E-state index is -1.64. The van der Waals surface area contributed by atoms with E-state index < -0.39 is 23.3 Å². The summed E-state index contributed by atoms with van der Waals surface area (Å²) in [6.45, 7) is 0. The molecule has 0 bridgehead atoms. The first kappa shape index (κ1) is 19.4. The molecule has 2 aromatic carbocycles. The Balaban J connectivity index is 1.81. The van der Waals surface area contributed by atoms with Gasteiger partial charge in [-0.1, -0.05) is 36.4 Å². The Labute approximate surface area is 181 Å². The van der Waals surface area contributed by atoms with Crippen LogP contribution >= 0.6 is 11.3 Å². The third kappa shape index (κ3) is 2.63. The molecular formula is C23H18N4O3S. The number of carbonyl (C=O) groups excluding carboxylic acids is 1. The second kappa shape index (κ2) is 6.71. The highest BCUT2D eigenvalue weighted by molar-refractivity contribution is 7.21. The molecule has 2 atom stereocenters. The van der Waals surface area contributed by atoms with Gasteiger partial charge in [0.25, 0.3) is 0 Å². The molecule has 0 aliphatic heterocycles. The van der Waals surface area contributed by atoms with Crippen molar-refractivity contribution in [2.24, 2.45) is 11.5 Å². The molecule has 0 saturated carbocycles. The van der Waals surface area contributed by atoms with Crippen LogP contribution < -0.4 is 17.2 Å². The molecule has 154 valence electrons. The quantitative estimate of drug-likeness (QED) is 0.365. The number of carbonyl (C=O) groups is 2. The van der Waals surface area contributed by atoms with E-state index >= 15 is 0 Å². The number of aromatic nitrogens is 1. The lowest BCUT2D eigenvalue weighted by atomic mass is 9.72. The Morgan fingerprint density at radius 3 is 2.55 bits per heavy atom. The number of anilines is 1. The van der Waals surface area contributed by atoms with Gasteiger partial charge in [0.05, 0.1) is 16.4 Å². The summed E-state index contributed by atoms with van der Waals surface area (Å²) in [4.78, 5) is 29.8. The summed E-state index contributed by atoms with van der Waals surface area (Å²) < 4.78 is 0.557. The van der Waals surface area contributed by atoms with Gasteiger partial charge in [0, 0.05) is 22.8 Å². The summed E-state index contributed by atoms with van der Waals surface area (Å²) in [5, 5.41) is 10.2. The largest absolute Gasteiger partial charge is 0.477 e. The Hall–Kier alpha value is -3.59. The normalized spacial score (nSPS) is 20.2. The maximum Gasteiger partial charge on any atom is 0.346 e. The molecule has 1 aliphatic carbocycles. The van der Waals surface area contributed by atoms with Gasteiger partial charge >= 0.3 is 5.97 Å². The maximum absolute atomic E-state index is 13.5. The molecule has 7 N–H and O–H groups in total. The van der Waals surface area contributed by atoms with Crippen molar-refractivity contribution in [3.05, 3.63) is 82.5 Å². The van der Waals surface area contributed by atoms with Crippen LogP contribution in [0.2, 0.25) is 0 Å². The number of nitrogens with two attached hydrogens (primary N) is 3. The van der Waals surface area contributed by atoms with Crippen molar-refractivity contribution in [1.82, 2.24) is 4.98 Å². The Kier molecular flexibility index (Phi) is 4.19. The first-order valence-electron chi connectivity index (χ1n) is 9.53. The molecule has 1 aliphatic rings. The van der Waals surface area contributed by atoms with Crippen LogP contribution in [0.25, 0.3) is 21.2 Å². The van der Waals surface area contributed by atoms with Gasteiger partial charge in [0.15, 0.2) is 5.78 Å². The van der Waals surface area contributed by atoms with Gasteiger partial charge in [-0.3, -0.25) is 9.78 Å². The molecule has 2 aromatic heterocycles. The summed E-state index contributed by atoms with van der Waals surface area (Å²) in [5.74, 6) is -1.66.